The SMILES string of the molecule is O=C(O)CN1CCN(CC(=O)O)CCN(C(=O)Nc2ccc(NC(=O)c3c(F)c(F)c(C(=O)NCCc4ccc(S(=O)(=O)NC(=O)NC5CCCCC5)cc4)c(F)c3CF)cc2)CCN(CC(=O)O)CC1. The number of aliphatic carboxylic acids is 3. The van der Waals surface area contributed by atoms with Crippen molar-refractivity contribution >= 4 is 63.2 Å². The lowest BCUT2D eigenvalue weighted by atomic mass is 9.96. The van der Waals surface area contributed by atoms with Crippen LogP contribution in [0, 0.1) is 17.5 Å². The zero-order valence-corrected chi connectivity index (χ0v) is 39.2. The number of hydrogen-bond donors (Lipinski definition) is 8. The Morgan fingerprint density at radius 1 is 0.606 bits per heavy atom. The molecule has 0 aromatic heterocycles. The van der Waals surface area contributed by atoms with Gasteiger partial charge in [-0.15, -0.1) is 0 Å². The van der Waals surface area contributed by atoms with E-state index in [4.69, 9.17) is 0 Å². The van der Waals surface area contributed by atoms with Crippen LogP contribution in [0.5, 0.6) is 0 Å². The second-order valence-electron chi connectivity index (χ2n) is 16.8. The lowest BCUT2D eigenvalue weighted by molar-refractivity contribution is -0.140. The summed E-state index contributed by atoms with van der Waals surface area (Å²) in [7, 11) is -4.23. The average Bonchev–Trinajstić information content (AvgIpc) is 3.30. The average molecular weight is 1020 g/mol. The highest BCUT2D eigenvalue weighted by Gasteiger charge is 2.32. The number of hydrogen-bond acceptors (Lipinski definition) is 12. The number of carboxylic acids is 3. The Bertz CT molecular complexity index is 2500. The highest BCUT2D eigenvalue weighted by atomic mass is 32.2. The summed E-state index contributed by atoms with van der Waals surface area (Å²) < 4.78 is 88.3. The molecule has 2 fully saturated rings. The van der Waals surface area contributed by atoms with Gasteiger partial charge in [-0.1, -0.05) is 31.4 Å². The normalized spacial score (nSPS) is 15.9. The number of benzene rings is 3. The third kappa shape index (κ3) is 16.3. The summed E-state index contributed by atoms with van der Waals surface area (Å²) in [5.74, 6) is -12.3. The van der Waals surface area contributed by atoms with E-state index in [-0.39, 0.29) is 94.2 Å². The van der Waals surface area contributed by atoms with Crippen molar-refractivity contribution in [1.82, 2.24) is 35.0 Å². The van der Waals surface area contributed by atoms with Crippen LogP contribution in [0.2, 0.25) is 0 Å². The van der Waals surface area contributed by atoms with E-state index in [1.165, 1.54) is 63.2 Å². The lowest BCUT2D eigenvalue weighted by Gasteiger charge is -2.33. The molecule has 0 atom stereocenters. The molecule has 0 bridgehead atoms. The standard InChI is InChI=1S/C45H55F4N9O12S/c46-24-33-37(40(48)41(49)38(39(33)47)42(65)50-15-14-28-6-12-32(13-7-28)71(69,70)54-44(67)52-29-4-2-1-3-5-29)43(66)51-30-8-10-31(11-9-30)53-45(68)58-22-20-56(26-35(61)62)18-16-55(25-34(59)60)17-19-57(21-23-58)27-36(63)64/h6-13,29H,1-5,14-27H2,(H,50,65)(H,51,66)(H,53,68)(H,59,60)(H,61,62)(H,63,64)(H2,52,54,67). The summed E-state index contributed by atoms with van der Waals surface area (Å²) in [4.78, 5) is 92.4. The molecule has 1 aliphatic carbocycles. The van der Waals surface area contributed by atoms with Crippen LogP contribution in [0.4, 0.5) is 38.5 Å². The van der Waals surface area contributed by atoms with Gasteiger partial charge in [-0.2, -0.15) is 0 Å². The smallest absolute Gasteiger partial charge is 0.328 e. The number of nitrogens with zero attached hydrogens (tertiary/aromatic N) is 4. The Balaban J connectivity index is 1.19. The molecule has 3 aromatic rings. The summed E-state index contributed by atoms with van der Waals surface area (Å²) in [6.45, 7) is -2.75. The van der Waals surface area contributed by atoms with Gasteiger partial charge in [-0.05, 0) is 61.2 Å². The fourth-order valence-corrected chi connectivity index (χ4v) is 8.89. The van der Waals surface area contributed by atoms with Crippen molar-refractivity contribution in [2.75, 3.05) is 89.2 Å². The Morgan fingerprint density at radius 3 is 1.58 bits per heavy atom. The highest BCUT2D eigenvalue weighted by molar-refractivity contribution is 7.90. The predicted octanol–water partition coefficient (Wildman–Crippen LogP) is 3.13. The molecule has 26 heteroatoms. The maximum atomic E-state index is 15.6. The second-order valence-corrected chi connectivity index (χ2v) is 18.5. The molecule has 1 aliphatic heterocycles. The number of carbonyl (C=O) groups is 7. The number of carbonyl (C=O) groups excluding carboxylic acids is 4. The van der Waals surface area contributed by atoms with E-state index < -0.39 is 106 Å². The Hall–Kier alpha value is -6.90. The number of carboxylic acid groups (broad SMARTS) is 3. The van der Waals surface area contributed by atoms with Gasteiger partial charge in [-0.25, -0.2) is 40.3 Å². The van der Waals surface area contributed by atoms with Crippen molar-refractivity contribution in [3.8, 4) is 0 Å². The first-order chi connectivity index (χ1) is 33.7. The van der Waals surface area contributed by atoms with Gasteiger partial charge in [-0.3, -0.25) is 38.7 Å². The molecular weight excluding hydrogens is 967 g/mol. The van der Waals surface area contributed by atoms with Gasteiger partial charge in [0.25, 0.3) is 21.8 Å². The number of amides is 6. The van der Waals surface area contributed by atoms with E-state index in [0.29, 0.717) is 5.56 Å². The van der Waals surface area contributed by atoms with Crippen molar-refractivity contribution in [2.24, 2.45) is 0 Å². The van der Waals surface area contributed by atoms with Gasteiger partial charge < -0.3 is 41.5 Å². The van der Waals surface area contributed by atoms with E-state index in [9.17, 15) is 61.7 Å². The van der Waals surface area contributed by atoms with E-state index in [2.05, 4.69) is 21.3 Å². The van der Waals surface area contributed by atoms with Crippen LogP contribution >= 0.6 is 0 Å². The lowest BCUT2D eigenvalue weighted by Crippen LogP contribution is -2.50. The van der Waals surface area contributed by atoms with Gasteiger partial charge >= 0.3 is 30.0 Å². The number of alkyl halides is 1. The largest absolute Gasteiger partial charge is 0.480 e. The van der Waals surface area contributed by atoms with Crippen molar-refractivity contribution in [1.29, 1.82) is 0 Å². The van der Waals surface area contributed by atoms with E-state index in [0.717, 1.165) is 32.1 Å². The Kier molecular flexibility index (Phi) is 20.0. The monoisotopic (exact) mass is 1020 g/mol. The molecule has 71 heavy (non-hydrogen) atoms. The molecule has 0 radical (unpaired) electrons. The molecule has 0 spiro atoms. The number of halogens is 4. The van der Waals surface area contributed by atoms with Gasteiger partial charge in [0.2, 0.25) is 0 Å². The molecule has 3 aromatic carbocycles. The molecule has 2 aliphatic rings. The highest BCUT2D eigenvalue weighted by Crippen LogP contribution is 2.28. The topological polar surface area (TPSA) is 287 Å². The number of rotatable bonds is 17. The van der Waals surface area contributed by atoms with Crippen molar-refractivity contribution in [2.45, 2.75) is 56.1 Å². The van der Waals surface area contributed by atoms with Crippen molar-refractivity contribution in [3.05, 3.63) is 88.2 Å². The molecule has 6 amide bonds. The van der Waals surface area contributed by atoms with Gasteiger partial charge in [0.15, 0.2) is 11.6 Å². The fraction of sp³-hybridized carbons (Fsp3) is 0.444. The first-order valence-electron chi connectivity index (χ1n) is 22.5. The summed E-state index contributed by atoms with van der Waals surface area (Å²) in [5.41, 5.74) is -3.60. The maximum Gasteiger partial charge on any atom is 0.328 e. The third-order valence-electron chi connectivity index (χ3n) is 11.7. The molecule has 5 rings (SSSR count). The molecular formula is C45H55F4N9O12S. The Labute approximate surface area is 405 Å². The maximum absolute atomic E-state index is 15.6. The van der Waals surface area contributed by atoms with Crippen molar-refractivity contribution < 1.29 is 74.9 Å². The first-order valence-corrected chi connectivity index (χ1v) is 24.0. The van der Waals surface area contributed by atoms with Crippen LogP contribution in [0.1, 0.15) is 63.9 Å². The molecule has 1 saturated heterocycles. The molecule has 21 nitrogen and oxygen atoms in total. The molecule has 1 saturated carbocycles. The number of urea groups is 2. The summed E-state index contributed by atoms with van der Waals surface area (Å²) >= 11 is 0. The molecule has 8 N–H and O–H groups in total. The minimum atomic E-state index is -4.23. The van der Waals surface area contributed by atoms with E-state index >= 15 is 13.2 Å². The minimum absolute atomic E-state index is 0.0108. The van der Waals surface area contributed by atoms with Crippen LogP contribution in [-0.2, 0) is 37.5 Å². The second kappa shape index (κ2) is 25.8. The molecule has 386 valence electrons. The van der Waals surface area contributed by atoms with Crippen LogP contribution in [0.3, 0.4) is 0 Å². The fourth-order valence-electron chi connectivity index (χ4n) is 7.98. The zero-order valence-electron chi connectivity index (χ0n) is 38.4. The summed E-state index contributed by atoms with van der Waals surface area (Å²) in [6.07, 6.45) is 4.36. The molecule has 0 unspecified atom stereocenters. The number of sulfonamides is 1. The van der Waals surface area contributed by atoms with Crippen LogP contribution in [0.15, 0.2) is 53.4 Å². The van der Waals surface area contributed by atoms with Gasteiger partial charge in [0, 0.05) is 81.9 Å². The van der Waals surface area contributed by atoms with E-state index in [1.807, 2.05) is 4.72 Å². The minimum Gasteiger partial charge on any atom is -0.480 e. The van der Waals surface area contributed by atoms with Gasteiger partial charge in [0.1, 0.15) is 18.1 Å². The van der Waals surface area contributed by atoms with Gasteiger partial charge in [0.05, 0.1) is 30.1 Å². The zero-order chi connectivity index (χ0) is 51.8. The molecule has 1 heterocycles. The quantitative estimate of drug-likeness (QED) is 0.0712. The first kappa shape index (κ1) is 55.0. The van der Waals surface area contributed by atoms with Crippen LogP contribution < -0.4 is 26.0 Å². The summed E-state index contributed by atoms with van der Waals surface area (Å²) in [5, 5.41) is 38.0. The van der Waals surface area contributed by atoms with Crippen LogP contribution in [-0.4, -0.2) is 170 Å². The van der Waals surface area contributed by atoms with Crippen LogP contribution in [0.25, 0.3) is 0 Å². The number of nitrogens with one attached hydrogen (secondary N) is 5. The third-order valence-corrected chi connectivity index (χ3v) is 13.0. The van der Waals surface area contributed by atoms with E-state index in [1.54, 1.807) is 4.90 Å². The van der Waals surface area contributed by atoms with Crippen molar-refractivity contribution in [3.63, 3.8) is 0 Å². The predicted molar refractivity (Wildman–Crippen MR) is 247 cm³/mol. The Morgan fingerprint density at radius 2 is 1.08 bits per heavy atom. The summed E-state index contributed by atoms with van der Waals surface area (Å²) in [6, 6.07) is 8.52. The number of anilines is 2.